The van der Waals surface area contributed by atoms with Crippen molar-refractivity contribution in [2.24, 2.45) is 0 Å². The summed E-state index contributed by atoms with van der Waals surface area (Å²) < 4.78 is 11.9. The maximum Gasteiger partial charge on any atom is 0.496 e. The minimum absolute atomic E-state index is 0.250. The summed E-state index contributed by atoms with van der Waals surface area (Å²) in [4.78, 5) is 0. The van der Waals surface area contributed by atoms with Crippen LogP contribution < -0.4 is 11.2 Å². The van der Waals surface area contributed by atoms with Crippen molar-refractivity contribution in [3.63, 3.8) is 0 Å². The maximum atomic E-state index is 6.23. The predicted octanol–water partition coefficient (Wildman–Crippen LogP) is 2.61. The van der Waals surface area contributed by atoms with Gasteiger partial charge in [0.15, 0.2) is 0 Å². The molecule has 0 amide bonds. The average molecular weight is 268 g/mol. The van der Waals surface area contributed by atoms with Gasteiger partial charge in [-0.25, -0.2) is 0 Å². The zero-order valence-corrected chi connectivity index (χ0v) is 12.0. The minimum atomic E-state index is -0.472. The standard InChI is InChI=1S/C13H19BClNO2/c1-12(2)8-13(3,4)18-14(17-12)9-6-5-7-10(16)11(9)15/h5-7H,8,16H2,1-4H3. The van der Waals surface area contributed by atoms with Crippen LogP contribution in [0.2, 0.25) is 5.02 Å². The van der Waals surface area contributed by atoms with Crippen molar-refractivity contribution in [1.29, 1.82) is 0 Å². The zero-order valence-electron chi connectivity index (χ0n) is 11.3. The summed E-state index contributed by atoms with van der Waals surface area (Å²) in [6.07, 6.45) is 0.830. The van der Waals surface area contributed by atoms with Gasteiger partial charge < -0.3 is 15.0 Å². The molecular weight excluding hydrogens is 248 g/mol. The van der Waals surface area contributed by atoms with Crippen molar-refractivity contribution >= 4 is 29.9 Å². The van der Waals surface area contributed by atoms with Gasteiger partial charge in [-0.1, -0.05) is 23.7 Å². The number of nitrogens with two attached hydrogens (primary N) is 1. The molecule has 18 heavy (non-hydrogen) atoms. The van der Waals surface area contributed by atoms with Crippen LogP contribution in [0.4, 0.5) is 5.69 Å². The minimum Gasteiger partial charge on any atom is -0.402 e. The molecule has 0 radical (unpaired) electrons. The third kappa shape index (κ3) is 2.82. The monoisotopic (exact) mass is 267 g/mol. The number of rotatable bonds is 1. The van der Waals surface area contributed by atoms with E-state index in [0.717, 1.165) is 11.9 Å². The SMILES string of the molecule is CC1(C)CC(C)(C)OB(c2cccc(N)c2Cl)O1. The lowest BCUT2D eigenvalue weighted by atomic mass is 9.72. The fraction of sp³-hybridized carbons (Fsp3) is 0.538. The first kappa shape index (κ1) is 13.7. The van der Waals surface area contributed by atoms with E-state index in [1.165, 1.54) is 0 Å². The molecule has 1 fully saturated rings. The van der Waals surface area contributed by atoms with Crippen molar-refractivity contribution in [2.75, 3.05) is 5.73 Å². The first-order valence-corrected chi connectivity index (χ1v) is 6.48. The van der Waals surface area contributed by atoms with Gasteiger partial charge >= 0.3 is 7.12 Å². The summed E-state index contributed by atoms with van der Waals surface area (Å²) in [5.41, 5.74) is 6.65. The van der Waals surface area contributed by atoms with Crippen molar-refractivity contribution in [2.45, 2.75) is 45.3 Å². The number of nitrogen functional groups attached to an aromatic ring is 1. The number of halogens is 1. The Kier molecular flexibility index (Phi) is 3.39. The lowest BCUT2D eigenvalue weighted by Gasteiger charge is -2.44. The Morgan fingerprint density at radius 3 is 2.28 bits per heavy atom. The molecule has 0 bridgehead atoms. The fourth-order valence-electron chi connectivity index (χ4n) is 2.59. The zero-order chi connectivity index (χ0) is 13.6. The summed E-state index contributed by atoms with van der Waals surface area (Å²) in [6, 6.07) is 5.52. The second kappa shape index (κ2) is 4.44. The molecule has 0 aromatic heterocycles. The summed E-state index contributed by atoms with van der Waals surface area (Å²) in [7, 11) is -0.472. The molecule has 1 aromatic carbocycles. The van der Waals surface area contributed by atoms with Gasteiger partial charge in [0.1, 0.15) is 0 Å². The first-order chi connectivity index (χ1) is 8.20. The van der Waals surface area contributed by atoms with Crippen LogP contribution in [0.3, 0.4) is 0 Å². The van der Waals surface area contributed by atoms with E-state index < -0.39 is 7.12 Å². The third-order valence-corrected chi connectivity index (χ3v) is 3.45. The number of benzene rings is 1. The molecule has 0 aliphatic carbocycles. The van der Waals surface area contributed by atoms with E-state index in [4.69, 9.17) is 26.6 Å². The van der Waals surface area contributed by atoms with Gasteiger partial charge in [0.2, 0.25) is 0 Å². The van der Waals surface area contributed by atoms with Crippen molar-refractivity contribution < 1.29 is 9.31 Å². The average Bonchev–Trinajstić information content (AvgIpc) is 2.17. The Balaban J connectivity index is 2.36. The quantitative estimate of drug-likeness (QED) is 0.628. The molecule has 5 heteroatoms. The molecule has 1 aliphatic rings. The van der Waals surface area contributed by atoms with Crippen molar-refractivity contribution in [3.05, 3.63) is 23.2 Å². The Hall–Kier alpha value is -0.705. The van der Waals surface area contributed by atoms with E-state index >= 15 is 0 Å². The van der Waals surface area contributed by atoms with Crippen molar-refractivity contribution in [3.8, 4) is 0 Å². The molecule has 0 unspecified atom stereocenters. The number of hydrogen-bond acceptors (Lipinski definition) is 3. The van der Waals surface area contributed by atoms with Gasteiger partial charge in [-0.3, -0.25) is 0 Å². The third-order valence-electron chi connectivity index (χ3n) is 3.02. The van der Waals surface area contributed by atoms with Crippen LogP contribution in [-0.4, -0.2) is 18.3 Å². The second-order valence-corrected chi connectivity index (χ2v) is 6.39. The van der Waals surface area contributed by atoms with Gasteiger partial charge in [-0.2, -0.15) is 0 Å². The Morgan fingerprint density at radius 2 is 1.72 bits per heavy atom. The molecule has 3 nitrogen and oxygen atoms in total. The van der Waals surface area contributed by atoms with Crippen LogP contribution in [0.15, 0.2) is 18.2 Å². The smallest absolute Gasteiger partial charge is 0.402 e. The Bertz CT molecular complexity index is 446. The van der Waals surface area contributed by atoms with E-state index in [9.17, 15) is 0 Å². The van der Waals surface area contributed by atoms with Crippen LogP contribution in [0.1, 0.15) is 34.1 Å². The summed E-state index contributed by atoms with van der Waals surface area (Å²) in [6.45, 7) is 8.24. The van der Waals surface area contributed by atoms with Crippen molar-refractivity contribution in [1.82, 2.24) is 0 Å². The van der Waals surface area contributed by atoms with E-state index in [2.05, 4.69) is 27.7 Å². The lowest BCUT2D eigenvalue weighted by molar-refractivity contribution is -0.0716. The van der Waals surface area contributed by atoms with E-state index in [1.807, 2.05) is 12.1 Å². The topological polar surface area (TPSA) is 44.5 Å². The summed E-state index contributed by atoms with van der Waals surface area (Å²) in [5.74, 6) is 0. The van der Waals surface area contributed by atoms with Gasteiger partial charge in [-0.15, -0.1) is 0 Å². The Labute approximate surface area is 114 Å². The molecular formula is C13H19BClNO2. The molecule has 2 N–H and O–H groups in total. The lowest BCUT2D eigenvalue weighted by Crippen LogP contribution is -2.56. The number of hydrogen-bond donors (Lipinski definition) is 1. The molecule has 2 rings (SSSR count). The molecule has 0 saturated carbocycles. The van der Waals surface area contributed by atoms with Crippen LogP contribution in [0.5, 0.6) is 0 Å². The van der Waals surface area contributed by atoms with Crippen LogP contribution in [-0.2, 0) is 9.31 Å². The number of anilines is 1. The molecule has 98 valence electrons. The first-order valence-electron chi connectivity index (χ1n) is 6.10. The fourth-order valence-corrected chi connectivity index (χ4v) is 2.80. The largest absolute Gasteiger partial charge is 0.496 e. The highest BCUT2D eigenvalue weighted by molar-refractivity contribution is 6.65. The van der Waals surface area contributed by atoms with Gasteiger partial charge in [0, 0.05) is 17.6 Å². The summed E-state index contributed by atoms with van der Waals surface area (Å²) >= 11 is 6.23. The van der Waals surface area contributed by atoms with Gasteiger partial charge in [-0.05, 0) is 33.8 Å². The van der Waals surface area contributed by atoms with E-state index in [0.29, 0.717) is 10.7 Å². The van der Waals surface area contributed by atoms with Crippen LogP contribution in [0.25, 0.3) is 0 Å². The van der Waals surface area contributed by atoms with Gasteiger partial charge in [0.25, 0.3) is 0 Å². The van der Waals surface area contributed by atoms with E-state index in [1.54, 1.807) is 6.07 Å². The highest BCUT2D eigenvalue weighted by atomic mass is 35.5. The summed E-state index contributed by atoms with van der Waals surface area (Å²) in [5, 5.41) is 0.510. The molecule has 1 aliphatic heterocycles. The predicted molar refractivity (Wildman–Crippen MR) is 76.2 cm³/mol. The second-order valence-electron chi connectivity index (χ2n) is 6.01. The maximum absolute atomic E-state index is 6.23. The highest BCUT2D eigenvalue weighted by Gasteiger charge is 2.44. The molecule has 1 aromatic rings. The molecule has 1 heterocycles. The van der Waals surface area contributed by atoms with Crippen LogP contribution in [0, 0.1) is 0 Å². The highest BCUT2D eigenvalue weighted by Crippen LogP contribution is 2.33. The molecule has 0 spiro atoms. The van der Waals surface area contributed by atoms with Gasteiger partial charge in [0.05, 0.1) is 16.2 Å². The van der Waals surface area contributed by atoms with Crippen LogP contribution >= 0.6 is 11.6 Å². The van der Waals surface area contributed by atoms with E-state index in [-0.39, 0.29) is 11.2 Å². The molecule has 1 saturated heterocycles. The molecule has 0 atom stereocenters. The normalized spacial score (nSPS) is 21.9. The Morgan fingerprint density at radius 1 is 1.17 bits per heavy atom.